The summed E-state index contributed by atoms with van der Waals surface area (Å²) in [5.41, 5.74) is 7.74. The minimum absolute atomic E-state index is 0.540. The lowest BCUT2D eigenvalue weighted by molar-refractivity contribution is 0.291. The summed E-state index contributed by atoms with van der Waals surface area (Å²) in [6, 6.07) is 3.80. The van der Waals surface area contributed by atoms with Gasteiger partial charge in [-0.05, 0) is 25.2 Å². The van der Waals surface area contributed by atoms with Crippen LogP contribution in [0, 0.1) is 0 Å². The molecular formula is C14H21N5. The predicted molar refractivity (Wildman–Crippen MR) is 77.7 cm³/mol. The molecule has 2 aromatic heterocycles. The summed E-state index contributed by atoms with van der Waals surface area (Å²) < 4.78 is 2.16. The third-order valence-corrected chi connectivity index (χ3v) is 3.35. The van der Waals surface area contributed by atoms with Gasteiger partial charge in [0.15, 0.2) is 0 Å². The Bertz CT molecular complexity index is 499. The molecule has 0 aliphatic carbocycles. The number of likely N-dealkylation sites (N-methyl/N-ethyl adjacent to an activating group) is 1. The molecule has 2 aromatic rings. The van der Waals surface area contributed by atoms with E-state index in [1.54, 1.807) is 6.20 Å². The van der Waals surface area contributed by atoms with E-state index in [9.17, 15) is 0 Å². The minimum atomic E-state index is 0.540. The minimum Gasteiger partial charge on any atom is -0.384 e. The van der Waals surface area contributed by atoms with E-state index in [0.717, 1.165) is 37.4 Å². The van der Waals surface area contributed by atoms with Crippen molar-refractivity contribution in [3.8, 4) is 11.3 Å². The first-order chi connectivity index (χ1) is 9.24. The average Bonchev–Trinajstić information content (AvgIpc) is 2.89. The van der Waals surface area contributed by atoms with Gasteiger partial charge in [0.05, 0.1) is 18.2 Å². The molecule has 102 valence electrons. The number of nitrogen functional groups attached to an aromatic ring is 1. The molecule has 0 saturated heterocycles. The number of anilines is 1. The van der Waals surface area contributed by atoms with Crippen molar-refractivity contribution >= 4 is 5.82 Å². The van der Waals surface area contributed by atoms with Gasteiger partial charge in [0.2, 0.25) is 0 Å². The first kappa shape index (κ1) is 13.5. The van der Waals surface area contributed by atoms with Crippen LogP contribution in [0.4, 0.5) is 5.82 Å². The Hall–Kier alpha value is -1.88. The SMILES string of the molecule is CCN(CC)CCn1cncc1-c1ccc(N)nc1. The largest absolute Gasteiger partial charge is 0.384 e. The van der Waals surface area contributed by atoms with E-state index in [1.807, 2.05) is 24.7 Å². The highest BCUT2D eigenvalue weighted by atomic mass is 15.1. The van der Waals surface area contributed by atoms with Crippen LogP contribution in [0.1, 0.15) is 13.8 Å². The lowest BCUT2D eigenvalue weighted by atomic mass is 10.2. The summed E-state index contributed by atoms with van der Waals surface area (Å²) in [5.74, 6) is 0.540. The van der Waals surface area contributed by atoms with Crippen LogP contribution in [-0.4, -0.2) is 39.1 Å². The standard InChI is InChI=1S/C14H21N5/c1-3-18(4-2)7-8-19-11-16-10-13(19)12-5-6-14(15)17-9-12/h5-6,9-11H,3-4,7-8H2,1-2H3,(H2,15,17). The Morgan fingerprint density at radius 2 is 2.00 bits per heavy atom. The van der Waals surface area contributed by atoms with Crippen LogP contribution in [0.15, 0.2) is 30.9 Å². The van der Waals surface area contributed by atoms with E-state index < -0.39 is 0 Å². The van der Waals surface area contributed by atoms with Gasteiger partial charge in [0.25, 0.3) is 0 Å². The summed E-state index contributed by atoms with van der Waals surface area (Å²) in [4.78, 5) is 10.8. The second kappa shape index (κ2) is 6.33. The van der Waals surface area contributed by atoms with Crippen molar-refractivity contribution in [2.75, 3.05) is 25.4 Å². The van der Waals surface area contributed by atoms with Gasteiger partial charge in [0, 0.05) is 24.8 Å². The molecule has 0 aliphatic rings. The van der Waals surface area contributed by atoms with Gasteiger partial charge in [0.1, 0.15) is 5.82 Å². The Balaban J connectivity index is 2.11. The van der Waals surface area contributed by atoms with Gasteiger partial charge in [-0.15, -0.1) is 0 Å². The van der Waals surface area contributed by atoms with E-state index in [-0.39, 0.29) is 0 Å². The highest BCUT2D eigenvalue weighted by Gasteiger charge is 2.06. The molecular weight excluding hydrogens is 238 g/mol. The van der Waals surface area contributed by atoms with Gasteiger partial charge >= 0.3 is 0 Å². The number of aromatic nitrogens is 3. The monoisotopic (exact) mass is 259 g/mol. The van der Waals surface area contributed by atoms with Crippen molar-refractivity contribution in [3.05, 3.63) is 30.9 Å². The van der Waals surface area contributed by atoms with Crippen molar-refractivity contribution in [1.29, 1.82) is 0 Å². The smallest absolute Gasteiger partial charge is 0.123 e. The average molecular weight is 259 g/mol. The molecule has 19 heavy (non-hydrogen) atoms. The van der Waals surface area contributed by atoms with Crippen LogP contribution in [0.3, 0.4) is 0 Å². The molecule has 5 heteroatoms. The summed E-state index contributed by atoms with van der Waals surface area (Å²) in [5, 5.41) is 0. The van der Waals surface area contributed by atoms with Gasteiger partial charge in [-0.25, -0.2) is 9.97 Å². The summed E-state index contributed by atoms with van der Waals surface area (Å²) in [6.45, 7) is 8.47. The van der Waals surface area contributed by atoms with E-state index >= 15 is 0 Å². The molecule has 2 heterocycles. The lowest BCUT2D eigenvalue weighted by Gasteiger charge is -2.18. The molecule has 2 rings (SSSR count). The van der Waals surface area contributed by atoms with Crippen molar-refractivity contribution in [2.24, 2.45) is 0 Å². The van der Waals surface area contributed by atoms with Crippen LogP contribution in [0.25, 0.3) is 11.3 Å². The number of hydrogen-bond acceptors (Lipinski definition) is 4. The Morgan fingerprint density at radius 1 is 1.21 bits per heavy atom. The zero-order valence-electron chi connectivity index (χ0n) is 11.6. The molecule has 0 amide bonds. The molecule has 0 radical (unpaired) electrons. The molecule has 0 unspecified atom stereocenters. The summed E-state index contributed by atoms with van der Waals surface area (Å²) in [6.07, 6.45) is 5.53. The number of nitrogens with zero attached hydrogens (tertiary/aromatic N) is 4. The van der Waals surface area contributed by atoms with Crippen LogP contribution in [0.5, 0.6) is 0 Å². The third kappa shape index (κ3) is 3.32. The maximum absolute atomic E-state index is 5.61. The summed E-state index contributed by atoms with van der Waals surface area (Å²) >= 11 is 0. The Morgan fingerprint density at radius 3 is 2.63 bits per heavy atom. The fraction of sp³-hybridized carbons (Fsp3) is 0.429. The second-order valence-corrected chi connectivity index (χ2v) is 4.47. The van der Waals surface area contributed by atoms with E-state index in [1.165, 1.54) is 0 Å². The number of imidazole rings is 1. The molecule has 2 N–H and O–H groups in total. The molecule has 5 nitrogen and oxygen atoms in total. The van der Waals surface area contributed by atoms with Gasteiger partial charge < -0.3 is 15.2 Å². The maximum atomic E-state index is 5.61. The predicted octanol–water partition coefficient (Wildman–Crippen LogP) is 1.87. The zero-order chi connectivity index (χ0) is 13.7. The maximum Gasteiger partial charge on any atom is 0.123 e. The third-order valence-electron chi connectivity index (χ3n) is 3.35. The number of rotatable bonds is 6. The van der Waals surface area contributed by atoms with Crippen molar-refractivity contribution in [1.82, 2.24) is 19.4 Å². The van der Waals surface area contributed by atoms with Gasteiger partial charge in [-0.1, -0.05) is 13.8 Å². The molecule has 0 atom stereocenters. The fourth-order valence-electron chi connectivity index (χ4n) is 2.09. The van der Waals surface area contributed by atoms with E-state index in [0.29, 0.717) is 5.82 Å². The van der Waals surface area contributed by atoms with E-state index in [4.69, 9.17) is 5.73 Å². The van der Waals surface area contributed by atoms with Crippen molar-refractivity contribution in [2.45, 2.75) is 20.4 Å². The molecule has 0 saturated carbocycles. The zero-order valence-corrected chi connectivity index (χ0v) is 11.6. The first-order valence-electron chi connectivity index (χ1n) is 6.69. The molecule has 0 aliphatic heterocycles. The Labute approximate surface area is 114 Å². The van der Waals surface area contributed by atoms with Crippen molar-refractivity contribution < 1.29 is 0 Å². The normalized spacial score (nSPS) is 11.1. The number of pyridine rings is 1. The van der Waals surface area contributed by atoms with Crippen molar-refractivity contribution in [3.63, 3.8) is 0 Å². The first-order valence-corrected chi connectivity index (χ1v) is 6.69. The molecule has 0 bridgehead atoms. The molecule has 0 spiro atoms. The van der Waals surface area contributed by atoms with Crippen LogP contribution >= 0.6 is 0 Å². The topological polar surface area (TPSA) is 60.0 Å². The van der Waals surface area contributed by atoms with E-state index in [2.05, 4.69) is 33.3 Å². The highest BCUT2D eigenvalue weighted by molar-refractivity contribution is 5.59. The van der Waals surface area contributed by atoms with Crippen LogP contribution in [-0.2, 0) is 6.54 Å². The van der Waals surface area contributed by atoms with Crippen LogP contribution < -0.4 is 5.73 Å². The van der Waals surface area contributed by atoms with Gasteiger partial charge in [-0.2, -0.15) is 0 Å². The quantitative estimate of drug-likeness (QED) is 0.860. The summed E-state index contributed by atoms with van der Waals surface area (Å²) in [7, 11) is 0. The van der Waals surface area contributed by atoms with Gasteiger partial charge in [-0.3, -0.25) is 0 Å². The molecule has 0 fully saturated rings. The lowest BCUT2D eigenvalue weighted by Crippen LogP contribution is -2.27. The number of nitrogens with two attached hydrogens (primary N) is 1. The highest BCUT2D eigenvalue weighted by Crippen LogP contribution is 2.18. The van der Waals surface area contributed by atoms with Crippen LogP contribution in [0.2, 0.25) is 0 Å². The molecule has 0 aromatic carbocycles. The number of hydrogen-bond donors (Lipinski definition) is 1. The fourth-order valence-corrected chi connectivity index (χ4v) is 2.09. The second-order valence-electron chi connectivity index (χ2n) is 4.47. The Kier molecular flexibility index (Phi) is 4.52.